The maximum Gasteiger partial charge on any atom is 0.221 e. The summed E-state index contributed by atoms with van der Waals surface area (Å²) >= 11 is 4.63. The molecule has 0 bridgehead atoms. The lowest BCUT2D eigenvalue weighted by Crippen LogP contribution is -2.12. The van der Waals surface area contributed by atoms with Crippen molar-refractivity contribution in [2.75, 3.05) is 5.32 Å². The number of rotatable bonds is 2. The van der Waals surface area contributed by atoms with Crippen molar-refractivity contribution in [2.24, 2.45) is 5.73 Å². The highest BCUT2D eigenvalue weighted by molar-refractivity contribution is 7.80. The van der Waals surface area contributed by atoms with Crippen LogP contribution in [0.25, 0.3) is 0 Å². The standard InChI is InChI=1S/C9H9FN2OS/c1-5(13)12-6-2-3-7(9(11)14)8(10)4-6/h2-4H,1H3,(H2,11,14)(H,12,13). The number of hydrogen-bond acceptors (Lipinski definition) is 2. The highest BCUT2D eigenvalue weighted by Gasteiger charge is 2.06. The van der Waals surface area contributed by atoms with Crippen molar-refractivity contribution >= 4 is 28.8 Å². The maximum absolute atomic E-state index is 13.2. The van der Waals surface area contributed by atoms with E-state index >= 15 is 0 Å². The molecule has 1 amide bonds. The smallest absolute Gasteiger partial charge is 0.221 e. The second kappa shape index (κ2) is 4.15. The number of benzene rings is 1. The Morgan fingerprint density at radius 1 is 1.57 bits per heavy atom. The molecule has 0 aromatic heterocycles. The summed E-state index contributed by atoms with van der Waals surface area (Å²) in [7, 11) is 0. The van der Waals surface area contributed by atoms with Gasteiger partial charge in [0.05, 0.1) is 0 Å². The summed E-state index contributed by atoms with van der Waals surface area (Å²) < 4.78 is 13.2. The van der Waals surface area contributed by atoms with Gasteiger partial charge in [-0.2, -0.15) is 0 Å². The summed E-state index contributed by atoms with van der Waals surface area (Å²) in [5, 5.41) is 2.45. The van der Waals surface area contributed by atoms with Gasteiger partial charge in [-0.15, -0.1) is 0 Å². The second-order valence-corrected chi connectivity index (χ2v) is 3.18. The quantitative estimate of drug-likeness (QED) is 0.729. The minimum atomic E-state index is -0.538. The first-order valence-corrected chi connectivity index (χ1v) is 4.28. The van der Waals surface area contributed by atoms with Crippen molar-refractivity contribution < 1.29 is 9.18 Å². The number of thiocarbonyl (C=S) groups is 1. The number of anilines is 1. The van der Waals surface area contributed by atoms with Crippen molar-refractivity contribution in [1.82, 2.24) is 0 Å². The number of nitrogens with one attached hydrogen (secondary N) is 1. The molecular weight excluding hydrogens is 203 g/mol. The Bertz CT molecular complexity index is 392. The summed E-state index contributed by atoms with van der Waals surface area (Å²) in [5.74, 6) is -0.795. The molecule has 3 nitrogen and oxygen atoms in total. The van der Waals surface area contributed by atoms with Gasteiger partial charge in [0.15, 0.2) is 0 Å². The first kappa shape index (κ1) is 10.6. The van der Waals surface area contributed by atoms with Gasteiger partial charge in [0.25, 0.3) is 0 Å². The van der Waals surface area contributed by atoms with E-state index in [1.54, 1.807) is 6.07 Å². The van der Waals surface area contributed by atoms with Crippen LogP contribution in [0.5, 0.6) is 0 Å². The van der Waals surface area contributed by atoms with E-state index < -0.39 is 5.82 Å². The molecule has 3 N–H and O–H groups in total. The van der Waals surface area contributed by atoms with E-state index in [0.717, 1.165) is 0 Å². The second-order valence-electron chi connectivity index (χ2n) is 2.74. The van der Waals surface area contributed by atoms with Gasteiger partial charge in [0.2, 0.25) is 5.91 Å². The first-order chi connectivity index (χ1) is 6.50. The van der Waals surface area contributed by atoms with E-state index in [2.05, 4.69) is 17.5 Å². The molecule has 1 aromatic rings. The molecule has 0 heterocycles. The third-order valence-electron chi connectivity index (χ3n) is 1.55. The van der Waals surface area contributed by atoms with Crippen molar-refractivity contribution in [2.45, 2.75) is 6.92 Å². The fourth-order valence-electron chi connectivity index (χ4n) is 0.996. The average Bonchev–Trinajstić information content (AvgIpc) is 2.01. The molecule has 0 radical (unpaired) electrons. The van der Waals surface area contributed by atoms with Crippen molar-refractivity contribution in [1.29, 1.82) is 0 Å². The largest absolute Gasteiger partial charge is 0.389 e. The molecule has 74 valence electrons. The van der Waals surface area contributed by atoms with Gasteiger partial charge in [-0.25, -0.2) is 4.39 Å². The first-order valence-electron chi connectivity index (χ1n) is 3.87. The minimum Gasteiger partial charge on any atom is -0.389 e. The van der Waals surface area contributed by atoms with Gasteiger partial charge in [0.1, 0.15) is 10.8 Å². The van der Waals surface area contributed by atoms with Crippen LogP contribution in [0.1, 0.15) is 12.5 Å². The lowest BCUT2D eigenvalue weighted by Gasteiger charge is -2.04. The summed E-state index contributed by atoms with van der Waals surface area (Å²) in [6.45, 7) is 1.35. The molecular formula is C9H9FN2OS. The van der Waals surface area contributed by atoms with Crippen LogP contribution in [0, 0.1) is 5.82 Å². The zero-order chi connectivity index (χ0) is 10.7. The molecule has 14 heavy (non-hydrogen) atoms. The number of nitrogens with two attached hydrogens (primary N) is 1. The van der Waals surface area contributed by atoms with Gasteiger partial charge < -0.3 is 11.1 Å². The number of amides is 1. The molecule has 0 atom stereocenters. The van der Waals surface area contributed by atoms with Crippen molar-refractivity contribution in [3.05, 3.63) is 29.6 Å². The van der Waals surface area contributed by atoms with E-state index in [-0.39, 0.29) is 16.5 Å². The molecule has 0 saturated carbocycles. The number of halogens is 1. The molecule has 1 aromatic carbocycles. The van der Waals surface area contributed by atoms with Crippen molar-refractivity contribution in [3.8, 4) is 0 Å². The van der Waals surface area contributed by atoms with Gasteiger partial charge in [0, 0.05) is 18.2 Å². The summed E-state index contributed by atoms with van der Waals surface area (Å²) in [6.07, 6.45) is 0. The van der Waals surface area contributed by atoms with Crippen LogP contribution in [-0.4, -0.2) is 10.9 Å². The van der Waals surface area contributed by atoms with Crippen LogP contribution in [0.4, 0.5) is 10.1 Å². The molecule has 0 aliphatic heterocycles. The van der Waals surface area contributed by atoms with E-state index in [0.29, 0.717) is 5.69 Å². The van der Waals surface area contributed by atoms with E-state index in [4.69, 9.17) is 5.73 Å². The number of carbonyl (C=O) groups excluding carboxylic acids is 1. The van der Waals surface area contributed by atoms with Crippen LogP contribution in [0.15, 0.2) is 18.2 Å². The highest BCUT2D eigenvalue weighted by Crippen LogP contribution is 2.14. The third-order valence-corrected chi connectivity index (χ3v) is 1.77. The van der Waals surface area contributed by atoms with Crippen molar-refractivity contribution in [3.63, 3.8) is 0 Å². The summed E-state index contributed by atoms with van der Waals surface area (Å²) in [4.78, 5) is 10.7. The fourth-order valence-corrected chi connectivity index (χ4v) is 1.16. The number of carbonyl (C=O) groups is 1. The predicted octanol–water partition coefficient (Wildman–Crippen LogP) is 1.42. The lowest BCUT2D eigenvalue weighted by molar-refractivity contribution is -0.114. The Hall–Kier alpha value is -1.49. The molecule has 0 spiro atoms. The van der Waals surface area contributed by atoms with E-state index in [1.807, 2.05) is 0 Å². The topological polar surface area (TPSA) is 55.1 Å². The van der Waals surface area contributed by atoms with E-state index in [1.165, 1.54) is 19.1 Å². The van der Waals surface area contributed by atoms with Crippen LogP contribution >= 0.6 is 12.2 Å². The van der Waals surface area contributed by atoms with E-state index in [9.17, 15) is 9.18 Å². The van der Waals surface area contributed by atoms with Gasteiger partial charge >= 0.3 is 0 Å². The van der Waals surface area contributed by atoms with Crippen LogP contribution in [-0.2, 0) is 4.79 Å². The summed E-state index contributed by atoms with van der Waals surface area (Å²) in [5.41, 5.74) is 5.83. The zero-order valence-corrected chi connectivity index (χ0v) is 8.32. The Balaban J connectivity index is 3.00. The van der Waals surface area contributed by atoms with Crippen LogP contribution in [0.2, 0.25) is 0 Å². The molecule has 1 rings (SSSR count). The highest BCUT2D eigenvalue weighted by atomic mass is 32.1. The fraction of sp³-hybridized carbons (Fsp3) is 0.111. The SMILES string of the molecule is CC(=O)Nc1ccc(C(N)=S)c(F)c1. The molecule has 5 heteroatoms. The molecule has 0 fully saturated rings. The zero-order valence-electron chi connectivity index (χ0n) is 7.50. The number of hydrogen-bond donors (Lipinski definition) is 2. The predicted molar refractivity (Wildman–Crippen MR) is 56.6 cm³/mol. The Morgan fingerprint density at radius 3 is 2.64 bits per heavy atom. The monoisotopic (exact) mass is 212 g/mol. The molecule has 0 aliphatic rings. The maximum atomic E-state index is 13.2. The third kappa shape index (κ3) is 2.50. The van der Waals surface area contributed by atoms with Gasteiger partial charge in [-0.1, -0.05) is 12.2 Å². The van der Waals surface area contributed by atoms with Gasteiger partial charge in [-0.3, -0.25) is 4.79 Å². The molecule has 0 aliphatic carbocycles. The lowest BCUT2D eigenvalue weighted by atomic mass is 10.2. The Kier molecular flexibility index (Phi) is 3.14. The summed E-state index contributed by atoms with van der Waals surface area (Å²) in [6, 6.07) is 4.15. The minimum absolute atomic E-state index is 0.00289. The van der Waals surface area contributed by atoms with Crippen LogP contribution in [0.3, 0.4) is 0 Å². The average molecular weight is 212 g/mol. The Morgan fingerprint density at radius 2 is 2.21 bits per heavy atom. The molecule has 0 unspecified atom stereocenters. The Labute approximate surface area is 86.1 Å². The van der Waals surface area contributed by atoms with Gasteiger partial charge in [-0.05, 0) is 18.2 Å². The normalized spacial score (nSPS) is 9.57. The van der Waals surface area contributed by atoms with Crippen LogP contribution < -0.4 is 11.1 Å². The molecule has 0 saturated heterocycles.